The highest BCUT2D eigenvalue weighted by molar-refractivity contribution is 7.09. The molecule has 7 atom stereocenters. The summed E-state index contributed by atoms with van der Waals surface area (Å²) in [7, 11) is 1.51. The van der Waals surface area contributed by atoms with Gasteiger partial charge in [-0.05, 0) is 88.5 Å². The minimum atomic E-state index is -1.17. The topological polar surface area (TPSA) is 248 Å². The van der Waals surface area contributed by atoms with Crippen LogP contribution in [0.4, 0.5) is 5.69 Å². The fourth-order valence-corrected chi connectivity index (χ4v) is 8.93. The van der Waals surface area contributed by atoms with E-state index in [0.717, 1.165) is 21.8 Å². The average molecular weight is 953 g/mol. The van der Waals surface area contributed by atoms with E-state index in [1.807, 2.05) is 27.7 Å². The van der Waals surface area contributed by atoms with Crippen molar-refractivity contribution in [2.24, 2.45) is 17.8 Å². The van der Waals surface area contributed by atoms with Crippen LogP contribution in [0.25, 0.3) is 0 Å². The van der Waals surface area contributed by atoms with E-state index >= 15 is 0 Å². The second-order valence-electron chi connectivity index (χ2n) is 18.2. The fourth-order valence-electron chi connectivity index (χ4n) is 8.13. The Kier molecular flexibility index (Phi) is 19.0. The fraction of sp³-hybridized carbons (Fsp3) is 0.604. The molecule has 7 amide bonds. The van der Waals surface area contributed by atoms with Gasteiger partial charge in [0.05, 0.1) is 18.0 Å². The number of hydrogen-bond acceptors (Lipinski definition) is 12. The number of carbonyl (C=O) groups is 8. The normalized spacial score (nSPS) is 19.2. The maximum Gasteiger partial charge on any atom is 0.306 e. The Morgan fingerprint density at radius 1 is 0.970 bits per heavy atom. The number of anilines is 1. The molecule has 6 N–H and O–H groups in total. The number of aliphatic hydroxyl groups is 1. The maximum atomic E-state index is 14.2. The number of carboxylic acids is 1. The first-order valence-corrected chi connectivity index (χ1v) is 23.9. The molecule has 368 valence electrons. The minimum absolute atomic E-state index is 0.0277. The number of hydrogen-bond donors (Lipinski definition) is 6. The Morgan fingerprint density at radius 2 is 1.67 bits per heavy atom. The van der Waals surface area contributed by atoms with E-state index in [1.165, 1.54) is 17.5 Å². The smallest absolute Gasteiger partial charge is 0.306 e. The van der Waals surface area contributed by atoms with Crippen molar-refractivity contribution in [2.75, 3.05) is 39.0 Å². The number of carboxylic acid groups (broad SMARTS) is 1. The standard InChI is InChI=1S/C48H70N8O10S/c1-9-30(4)42(53-47(66)48(6)21-13-22-54(48)7)45(63)55(8)36(29(2)3)26-37(57)44-52-35(28-67-44)43(62)51-34(24-31(5)46(64)65)25-32-15-17-33(18-16-32)50-39(59)27-49-38(58)14-11-10-12-23-56-40(60)19-20-41(56)61/h15-20,28-31,34,36-37,42,57H,9-14,21-27H2,1-8H3,(H,49,58)(H,50,59)(H,51,62)(H,53,66)(H,64,65)/t30-,31-,34+,36+,37+,42-,48-/m0/s1/i6D,7D. The van der Waals surface area contributed by atoms with E-state index in [1.54, 1.807) is 48.0 Å². The largest absolute Gasteiger partial charge is 0.481 e. The number of amides is 7. The van der Waals surface area contributed by atoms with Crippen LogP contribution in [0.15, 0.2) is 41.8 Å². The summed E-state index contributed by atoms with van der Waals surface area (Å²) in [5.41, 5.74) is 0.0519. The third-order valence-corrected chi connectivity index (χ3v) is 13.6. The van der Waals surface area contributed by atoms with Gasteiger partial charge in [-0.15, -0.1) is 11.3 Å². The van der Waals surface area contributed by atoms with Crippen molar-refractivity contribution < 1.29 is 51.3 Å². The Balaban J connectivity index is 1.32. The predicted molar refractivity (Wildman–Crippen MR) is 254 cm³/mol. The minimum Gasteiger partial charge on any atom is -0.481 e. The molecule has 2 aliphatic heterocycles. The third-order valence-electron chi connectivity index (χ3n) is 12.7. The summed E-state index contributed by atoms with van der Waals surface area (Å²) in [6.45, 7) is 9.51. The average Bonchev–Trinajstić information content (AvgIpc) is 4.08. The molecule has 3 heterocycles. The molecule has 1 aromatic carbocycles. The third kappa shape index (κ3) is 15.2. The molecule has 0 unspecified atom stereocenters. The van der Waals surface area contributed by atoms with Gasteiger partial charge in [0.1, 0.15) is 22.8 Å². The number of aliphatic hydroxyl groups excluding tert-OH is 1. The van der Waals surface area contributed by atoms with Gasteiger partial charge in [-0.3, -0.25) is 48.2 Å². The molecule has 0 spiro atoms. The molecule has 67 heavy (non-hydrogen) atoms. The molecule has 0 radical (unpaired) electrons. The van der Waals surface area contributed by atoms with Crippen molar-refractivity contribution >= 4 is 64.3 Å². The monoisotopic (exact) mass is 953 g/mol. The molecule has 1 fully saturated rings. The lowest BCUT2D eigenvalue weighted by atomic mass is 9.91. The lowest BCUT2D eigenvalue weighted by Crippen LogP contribution is -2.60. The first-order chi connectivity index (χ1) is 32.7. The van der Waals surface area contributed by atoms with Gasteiger partial charge < -0.3 is 36.4 Å². The molecular formula is C48H70N8O10S. The zero-order valence-electron chi connectivity index (χ0n) is 41.5. The maximum absolute atomic E-state index is 14.2. The summed E-state index contributed by atoms with van der Waals surface area (Å²) in [6.07, 6.45) is 5.30. The number of likely N-dealkylation sites (N-methyl/N-ethyl adjacent to an activating group) is 2. The van der Waals surface area contributed by atoms with Crippen LogP contribution in [-0.2, 0) is 40.0 Å². The number of aliphatic carboxylic acids is 1. The van der Waals surface area contributed by atoms with Crippen LogP contribution < -0.4 is 21.3 Å². The van der Waals surface area contributed by atoms with Crippen LogP contribution in [0.5, 0.6) is 0 Å². The Bertz CT molecular complexity index is 2140. The number of unbranched alkanes of at least 4 members (excludes halogenated alkanes) is 2. The summed E-state index contributed by atoms with van der Waals surface area (Å²) >= 11 is 1.08. The van der Waals surface area contributed by atoms with E-state index < -0.39 is 59.4 Å². The number of imide groups is 1. The Hall–Kier alpha value is -5.53. The summed E-state index contributed by atoms with van der Waals surface area (Å²) in [5.74, 6) is -5.01. The van der Waals surface area contributed by atoms with Crippen molar-refractivity contribution in [3.8, 4) is 0 Å². The van der Waals surface area contributed by atoms with Crippen LogP contribution in [-0.4, -0.2) is 135 Å². The van der Waals surface area contributed by atoms with Crippen molar-refractivity contribution in [1.29, 1.82) is 0 Å². The van der Waals surface area contributed by atoms with E-state index in [9.17, 15) is 48.6 Å². The second-order valence-corrected chi connectivity index (χ2v) is 19.1. The lowest BCUT2D eigenvalue weighted by molar-refractivity contribution is -0.142. The lowest BCUT2D eigenvalue weighted by Gasteiger charge is -2.38. The highest BCUT2D eigenvalue weighted by Crippen LogP contribution is 2.30. The van der Waals surface area contributed by atoms with Gasteiger partial charge in [0, 0.05) is 64.5 Å². The zero-order chi connectivity index (χ0) is 51.0. The molecule has 19 heteroatoms. The van der Waals surface area contributed by atoms with E-state index in [0.29, 0.717) is 50.8 Å². The first kappa shape index (κ1) is 50.9. The van der Waals surface area contributed by atoms with Crippen molar-refractivity contribution in [2.45, 2.75) is 135 Å². The van der Waals surface area contributed by atoms with Crippen LogP contribution in [0.3, 0.4) is 0 Å². The highest BCUT2D eigenvalue weighted by Gasteiger charge is 2.44. The number of benzene rings is 1. The van der Waals surface area contributed by atoms with Crippen LogP contribution in [0.1, 0.15) is 129 Å². The SMILES string of the molecule is [2H]CN1CCC[C@@]1(C[2H])C(=O)N[C@H](C(=O)N(C)[C@H](C[C@@H](O)c1nc(C(=O)N[C@@H](Cc2ccc(NC(=O)CNC(=O)CCCCCN3C(=O)C=CC3=O)cc2)C[C@H](C)C(=O)O)cs1)C(C)C)[C@@H](C)CC. The summed E-state index contributed by atoms with van der Waals surface area (Å²) in [4.78, 5) is 110. The van der Waals surface area contributed by atoms with Gasteiger partial charge in [-0.2, -0.15) is 0 Å². The summed E-state index contributed by atoms with van der Waals surface area (Å²) in [6, 6.07) is 4.74. The van der Waals surface area contributed by atoms with Crippen molar-refractivity contribution in [3.63, 3.8) is 0 Å². The molecule has 18 nitrogen and oxygen atoms in total. The second kappa shape index (κ2) is 25.0. The molecule has 2 aromatic rings. The van der Waals surface area contributed by atoms with Crippen molar-refractivity contribution in [1.82, 2.24) is 35.6 Å². The number of thiazole rings is 1. The van der Waals surface area contributed by atoms with E-state index in [4.69, 9.17) is 2.74 Å². The number of nitrogens with zero attached hydrogens (tertiary/aromatic N) is 4. The first-order valence-electron chi connectivity index (χ1n) is 24.4. The molecule has 2 aliphatic rings. The van der Waals surface area contributed by atoms with Gasteiger partial charge in [0.2, 0.25) is 23.6 Å². The molecule has 0 bridgehead atoms. The summed E-state index contributed by atoms with van der Waals surface area (Å²) in [5, 5.41) is 34.1. The van der Waals surface area contributed by atoms with Gasteiger partial charge in [0.15, 0.2) is 0 Å². The number of aromatic nitrogens is 1. The van der Waals surface area contributed by atoms with Gasteiger partial charge >= 0.3 is 5.97 Å². The molecule has 1 saturated heterocycles. The zero-order valence-corrected chi connectivity index (χ0v) is 40.4. The van der Waals surface area contributed by atoms with Gasteiger partial charge in [-0.25, -0.2) is 4.98 Å². The van der Waals surface area contributed by atoms with Crippen molar-refractivity contribution in [3.05, 3.63) is 58.1 Å². The van der Waals surface area contributed by atoms with E-state index in [-0.39, 0.29) is 98.9 Å². The van der Waals surface area contributed by atoms with Gasteiger partial charge in [-0.1, -0.05) is 59.6 Å². The highest BCUT2D eigenvalue weighted by atomic mass is 32.1. The quantitative estimate of drug-likeness (QED) is 0.0578. The molecule has 4 rings (SSSR count). The van der Waals surface area contributed by atoms with Crippen LogP contribution in [0.2, 0.25) is 0 Å². The summed E-state index contributed by atoms with van der Waals surface area (Å²) < 4.78 is 16.2. The number of carbonyl (C=O) groups excluding carboxylic acids is 7. The van der Waals surface area contributed by atoms with Crippen LogP contribution in [0, 0.1) is 17.8 Å². The molecule has 1 aromatic heterocycles. The molecule has 0 aliphatic carbocycles. The Labute approximate surface area is 400 Å². The number of likely N-dealkylation sites (tertiary alicyclic amines) is 1. The van der Waals surface area contributed by atoms with E-state index in [2.05, 4.69) is 26.3 Å². The number of nitrogens with one attached hydrogen (secondary N) is 4. The van der Waals surface area contributed by atoms with Gasteiger partial charge in [0.25, 0.3) is 17.7 Å². The molecule has 0 saturated carbocycles. The molecular weight excluding hydrogens is 881 g/mol. The van der Waals surface area contributed by atoms with Crippen LogP contribution >= 0.6 is 11.3 Å². The predicted octanol–water partition coefficient (Wildman–Crippen LogP) is 4.06. The number of rotatable bonds is 26. The Morgan fingerprint density at radius 3 is 2.30 bits per heavy atom.